The number of rotatable bonds is 2. The maximum Gasteiger partial charge on any atom is 0.159 e. The summed E-state index contributed by atoms with van der Waals surface area (Å²) in [6, 6.07) is 6.85. The van der Waals surface area contributed by atoms with Gasteiger partial charge >= 0.3 is 0 Å². The minimum atomic E-state index is -0.420. The maximum atomic E-state index is 11.7. The first-order chi connectivity index (χ1) is 9.65. The average molecular weight is 290 g/mol. The molecule has 0 fully saturated rings. The van der Waals surface area contributed by atoms with Crippen molar-refractivity contribution in [3.05, 3.63) is 59.3 Å². The zero-order chi connectivity index (χ0) is 14.1. The van der Waals surface area contributed by atoms with E-state index in [0.29, 0.717) is 11.4 Å². The van der Waals surface area contributed by atoms with Crippen LogP contribution in [0.15, 0.2) is 48.8 Å². The predicted molar refractivity (Wildman–Crippen MR) is 73.6 cm³/mol. The number of carbonyl (C=O) groups is 1. The Labute approximate surface area is 120 Å². The van der Waals surface area contributed by atoms with Gasteiger partial charge in [-0.25, -0.2) is 9.67 Å². The third kappa shape index (κ3) is 2.32. The molecule has 1 N–H and O–H groups in total. The molecule has 1 aromatic heterocycles. The first-order valence-corrected chi connectivity index (χ1v) is 6.56. The summed E-state index contributed by atoms with van der Waals surface area (Å²) >= 11 is 5.89. The average Bonchev–Trinajstić information content (AvgIpc) is 2.92. The van der Waals surface area contributed by atoms with Crippen LogP contribution in [0.4, 0.5) is 0 Å². The number of ketones is 1. The van der Waals surface area contributed by atoms with Crippen LogP contribution < -0.4 is 0 Å². The fourth-order valence-electron chi connectivity index (χ4n) is 2.53. The Morgan fingerprint density at radius 3 is 2.70 bits per heavy atom. The Morgan fingerprint density at radius 2 is 2.05 bits per heavy atom. The summed E-state index contributed by atoms with van der Waals surface area (Å²) < 4.78 is 1.57. The molecule has 1 aromatic carbocycles. The topological polar surface area (TPSA) is 68.0 Å². The SMILES string of the molecule is O=C1C=C(O)[C@H](n2cncn2)[C@H](c2ccc(Cl)cc2)C1. The van der Waals surface area contributed by atoms with Crippen LogP contribution in [0.3, 0.4) is 0 Å². The van der Waals surface area contributed by atoms with E-state index in [1.807, 2.05) is 12.1 Å². The highest BCUT2D eigenvalue weighted by atomic mass is 35.5. The zero-order valence-corrected chi connectivity index (χ0v) is 11.2. The number of allylic oxidation sites excluding steroid dienone is 2. The smallest absolute Gasteiger partial charge is 0.159 e. The van der Waals surface area contributed by atoms with Crippen molar-refractivity contribution in [2.45, 2.75) is 18.4 Å². The van der Waals surface area contributed by atoms with Crippen molar-refractivity contribution >= 4 is 17.4 Å². The number of hydrogen-bond acceptors (Lipinski definition) is 4. The lowest BCUT2D eigenvalue weighted by Gasteiger charge is -2.29. The molecule has 0 amide bonds. The fraction of sp³-hybridized carbons (Fsp3) is 0.214. The summed E-state index contributed by atoms with van der Waals surface area (Å²) in [6.45, 7) is 0. The molecule has 6 heteroatoms. The number of aliphatic hydroxyl groups is 1. The molecular formula is C14H12ClN3O2. The molecule has 0 bridgehead atoms. The number of aliphatic hydroxyl groups excluding tert-OH is 1. The zero-order valence-electron chi connectivity index (χ0n) is 10.5. The van der Waals surface area contributed by atoms with Gasteiger partial charge in [0.15, 0.2) is 5.78 Å². The van der Waals surface area contributed by atoms with E-state index < -0.39 is 6.04 Å². The molecular weight excluding hydrogens is 278 g/mol. The van der Waals surface area contributed by atoms with Gasteiger partial charge < -0.3 is 5.11 Å². The van der Waals surface area contributed by atoms with Crippen molar-refractivity contribution in [1.29, 1.82) is 0 Å². The monoisotopic (exact) mass is 289 g/mol. The van der Waals surface area contributed by atoms with Gasteiger partial charge in [0.25, 0.3) is 0 Å². The molecule has 0 spiro atoms. The van der Waals surface area contributed by atoms with E-state index in [4.69, 9.17) is 11.6 Å². The van der Waals surface area contributed by atoms with Gasteiger partial charge in [0, 0.05) is 23.4 Å². The van der Waals surface area contributed by atoms with Crippen molar-refractivity contribution in [2.24, 2.45) is 0 Å². The summed E-state index contributed by atoms with van der Waals surface area (Å²) in [5, 5.41) is 14.8. The first kappa shape index (κ1) is 12.9. The van der Waals surface area contributed by atoms with Gasteiger partial charge in [0.2, 0.25) is 0 Å². The van der Waals surface area contributed by atoms with E-state index in [1.165, 1.54) is 18.7 Å². The molecule has 0 unspecified atom stereocenters. The van der Waals surface area contributed by atoms with Gasteiger partial charge in [-0.1, -0.05) is 23.7 Å². The third-order valence-electron chi connectivity index (χ3n) is 3.43. The fourth-order valence-corrected chi connectivity index (χ4v) is 2.66. The summed E-state index contributed by atoms with van der Waals surface area (Å²) in [6.07, 6.45) is 4.52. The van der Waals surface area contributed by atoms with Crippen molar-refractivity contribution in [3.8, 4) is 0 Å². The van der Waals surface area contributed by atoms with E-state index in [0.717, 1.165) is 5.56 Å². The highest BCUT2D eigenvalue weighted by molar-refractivity contribution is 6.30. The molecule has 0 aliphatic heterocycles. The normalized spacial score (nSPS) is 22.6. The van der Waals surface area contributed by atoms with Crippen molar-refractivity contribution in [3.63, 3.8) is 0 Å². The lowest BCUT2D eigenvalue weighted by Crippen LogP contribution is -2.27. The molecule has 0 saturated heterocycles. The second-order valence-corrected chi connectivity index (χ2v) is 5.15. The molecule has 20 heavy (non-hydrogen) atoms. The van der Waals surface area contributed by atoms with Crippen LogP contribution in [0.1, 0.15) is 23.9 Å². The van der Waals surface area contributed by atoms with Gasteiger partial charge in [-0.15, -0.1) is 0 Å². The summed E-state index contributed by atoms with van der Waals surface area (Å²) in [7, 11) is 0. The number of aromatic nitrogens is 3. The second-order valence-electron chi connectivity index (χ2n) is 4.72. The molecule has 102 valence electrons. The highest BCUT2D eigenvalue weighted by Gasteiger charge is 2.34. The van der Waals surface area contributed by atoms with E-state index >= 15 is 0 Å². The minimum absolute atomic E-state index is 0.00620. The lowest BCUT2D eigenvalue weighted by atomic mass is 9.82. The van der Waals surface area contributed by atoms with E-state index in [-0.39, 0.29) is 17.5 Å². The van der Waals surface area contributed by atoms with Crippen LogP contribution >= 0.6 is 11.6 Å². The Balaban J connectivity index is 2.04. The summed E-state index contributed by atoms with van der Waals surface area (Å²) in [5.41, 5.74) is 0.933. The second kappa shape index (κ2) is 5.09. The Bertz CT molecular complexity index is 650. The van der Waals surface area contributed by atoms with Gasteiger partial charge in [0.05, 0.1) is 0 Å². The third-order valence-corrected chi connectivity index (χ3v) is 3.69. The lowest BCUT2D eigenvalue weighted by molar-refractivity contribution is -0.116. The number of halogens is 1. The number of nitrogens with zero attached hydrogens (tertiary/aromatic N) is 3. The minimum Gasteiger partial charge on any atom is -0.510 e. The standard InChI is InChI=1S/C14H12ClN3O2/c15-10-3-1-9(2-4-10)12-5-11(19)6-13(20)14(12)18-8-16-7-17-18/h1-4,6-8,12,14,20H,5H2/t12-,14+/m0/s1. The van der Waals surface area contributed by atoms with Crippen LogP contribution in [-0.2, 0) is 4.79 Å². The Morgan fingerprint density at radius 1 is 1.30 bits per heavy atom. The molecule has 1 heterocycles. The Kier molecular flexibility index (Phi) is 3.28. The summed E-state index contributed by atoms with van der Waals surface area (Å²) in [4.78, 5) is 15.6. The van der Waals surface area contributed by atoms with E-state index in [2.05, 4.69) is 10.1 Å². The molecule has 0 saturated carbocycles. The van der Waals surface area contributed by atoms with Crippen molar-refractivity contribution in [2.75, 3.05) is 0 Å². The van der Waals surface area contributed by atoms with Crippen molar-refractivity contribution in [1.82, 2.24) is 14.8 Å². The van der Waals surface area contributed by atoms with Crippen LogP contribution in [0.5, 0.6) is 0 Å². The number of benzene rings is 1. The van der Waals surface area contributed by atoms with Crippen molar-refractivity contribution < 1.29 is 9.90 Å². The van der Waals surface area contributed by atoms with E-state index in [1.54, 1.807) is 16.8 Å². The molecule has 1 aliphatic rings. The molecule has 3 rings (SSSR count). The largest absolute Gasteiger partial charge is 0.510 e. The number of hydrogen-bond donors (Lipinski definition) is 1. The van der Waals surface area contributed by atoms with Crippen LogP contribution in [0, 0.1) is 0 Å². The van der Waals surface area contributed by atoms with Gasteiger partial charge in [-0.2, -0.15) is 5.10 Å². The molecule has 5 nitrogen and oxygen atoms in total. The quantitative estimate of drug-likeness (QED) is 0.923. The summed E-state index contributed by atoms with van der Waals surface area (Å²) in [5.74, 6) is -0.281. The van der Waals surface area contributed by atoms with Gasteiger partial charge in [0.1, 0.15) is 24.5 Å². The molecule has 2 atom stereocenters. The molecule has 1 aliphatic carbocycles. The first-order valence-electron chi connectivity index (χ1n) is 6.18. The Hall–Kier alpha value is -2.14. The van der Waals surface area contributed by atoms with Gasteiger partial charge in [-0.3, -0.25) is 4.79 Å². The predicted octanol–water partition coefficient (Wildman–Crippen LogP) is 2.67. The number of carbonyl (C=O) groups excluding carboxylic acids is 1. The van der Waals surface area contributed by atoms with E-state index in [9.17, 15) is 9.90 Å². The maximum absolute atomic E-state index is 11.7. The van der Waals surface area contributed by atoms with Crippen LogP contribution in [0.2, 0.25) is 5.02 Å². The van der Waals surface area contributed by atoms with Crippen LogP contribution in [0.25, 0.3) is 0 Å². The van der Waals surface area contributed by atoms with Gasteiger partial charge in [-0.05, 0) is 17.7 Å². The van der Waals surface area contributed by atoms with Crippen LogP contribution in [-0.4, -0.2) is 25.7 Å². The molecule has 2 aromatic rings. The molecule has 0 radical (unpaired) electrons. The highest BCUT2D eigenvalue weighted by Crippen LogP contribution is 2.39.